The van der Waals surface area contributed by atoms with Crippen molar-refractivity contribution in [1.82, 2.24) is 4.57 Å². The average molecular weight is 345 g/mol. The van der Waals surface area contributed by atoms with Crippen LogP contribution in [-0.4, -0.2) is 16.8 Å². The number of aromatic nitrogens is 1. The monoisotopic (exact) mass is 344 g/mol. The summed E-state index contributed by atoms with van der Waals surface area (Å²) in [5.41, 5.74) is 7.98. The highest BCUT2D eigenvalue weighted by Gasteiger charge is 2.24. The molecule has 1 aromatic heterocycles. The SMILES string of the molecule is NC(=O)c1ccc2c(c1)c(Cl)cn2Cc1ccc(P2CO2)cc1. The van der Waals surface area contributed by atoms with Crippen molar-refractivity contribution >= 4 is 41.9 Å². The van der Waals surface area contributed by atoms with Crippen LogP contribution in [0.15, 0.2) is 48.7 Å². The number of carbonyl (C=O) groups excluding carboxylic acids is 1. The lowest BCUT2D eigenvalue weighted by Gasteiger charge is -2.07. The molecular formula is C17H14ClN2O2P. The zero-order valence-corrected chi connectivity index (χ0v) is 13.8. The van der Waals surface area contributed by atoms with Gasteiger partial charge in [0, 0.05) is 34.5 Å². The van der Waals surface area contributed by atoms with Gasteiger partial charge in [0.1, 0.15) is 0 Å². The van der Waals surface area contributed by atoms with E-state index < -0.39 is 5.91 Å². The van der Waals surface area contributed by atoms with Gasteiger partial charge in [-0.1, -0.05) is 35.9 Å². The third kappa shape index (κ3) is 2.86. The maximum Gasteiger partial charge on any atom is 0.248 e. The highest BCUT2D eigenvalue weighted by molar-refractivity contribution is 7.66. The first-order valence-electron chi connectivity index (χ1n) is 7.19. The summed E-state index contributed by atoms with van der Waals surface area (Å²) in [6.45, 7) is 0.720. The Morgan fingerprint density at radius 1 is 1.26 bits per heavy atom. The van der Waals surface area contributed by atoms with Crippen molar-refractivity contribution < 1.29 is 9.32 Å². The molecule has 2 heterocycles. The molecule has 0 radical (unpaired) electrons. The average Bonchev–Trinajstić information content (AvgIpc) is 3.35. The molecule has 1 unspecified atom stereocenters. The second-order valence-electron chi connectivity index (χ2n) is 5.50. The van der Waals surface area contributed by atoms with Gasteiger partial charge in [-0.3, -0.25) is 4.79 Å². The van der Waals surface area contributed by atoms with Crippen LogP contribution in [0.5, 0.6) is 0 Å². The van der Waals surface area contributed by atoms with Crippen LogP contribution >= 0.6 is 19.7 Å². The number of rotatable bonds is 4. The highest BCUT2D eigenvalue weighted by atomic mass is 35.5. The Balaban J connectivity index is 1.66. The number of hydrogen-bond donors (Lipinski definition) is 1. The molecule has 2 N–H and O–H groups in total. The Morgan fingerprint density at radius 2 is 2.00 bits per heavy atom. The largest absolute Gasteiger partial charge is 0.366 e. The van der Waals surface area contributed by atoms with Crippen molar-refractivity contribution in [3.8, 4) is 0 Å². The molecule has 1 saturated heterocycles. The molecule has 0 saturated carbocycles. The number of benzene rings is 2. The van der Waals surface area contributed by atoms with E-state index in [0.29, 0.717) is 10.6 Å². The normalized spacial score (nSPS) is 16.7. The van der Waals surface area contributed by atoms with Crippen molar-refractivity contribution in [3.05, 3.63) is 64.8 Å². The second-order valence-corrected chi connectivity index (χ2v) is 7.70. The van der Waals surface area contributed by atoms with Crippen molar-refractivity contribution in [2.75, 3.05) is 6.35 Å². The fraction of sp³-hybridized carbons (Fsp3) is 0.118. The van der Waals surface area contributed by atoms with Gasteiger partial charge in [-0.05, 0) is 23.8 Å². The van der Waals surface area contributed by atoms with E-state index in [1.807, 2.05) is 12.3 Å². The molecule has 3 aromatic rings. The number of primary amides is 1. The molecule has 4 nitrogen and oxygen atoms in total. The molecule has 1 fully saturated rings. The first kappa shape index (κ1) is 14.7. The molecule has 1 amide bonds. The molecule has 116 valence electrons. The van der Waals surface area contributed by atoms with E-state index in [1.54, 1.807) is 12.1 Å². The van der Waals surface area contributed by atoms with Crippen LogP contribution in [0, 0.1) is 0 Å². The minimum atomic E-state index is -0.449. The lowest BCUT2D eigenvalue weighted by molar-refractivity contribution is 0.100. The summed E-state index contributed by atoms with van der Waals surface area (Å²) >= 11 is 6.31. The van der Waals surface area contributed by atoms with Crippen LogP contribution in [0.2, 0.25) is 5.02 Å². The molecule has 6 heteroatoms. The van der Waals surface area contributed by atoms with E-state index in [0.717, 1.165) is 23.8 Å². The summed E-state index contributed by atoms with van der Waals surface area (Å²) < 4.78 is 7.43. The molecule has 1 aliphatic heterocycles. The minimum absolute atomic E-state index is 0.323. The summed E-state index contributed by atoms with van der Waals surface area (Å²) in [5, 5.41) is 2.74. The predicted molar refractivity (Wildman–Crippen MR) is 93.5 cm³/mol. The van der Waals surface area contributed by atoms with Crippen LogP contribution in [-0.2, 0) is 11.1 Å². The number of amides is 1. The maximum absolute atomic E-state index is 11.3. The van der Waals surface area contributed by atoms with Gasteiger partial charge in [-0.15, -0.1) is 0 Å². The lowest BCUT2D eigenvalue weighted by atomic mass is 10.1. The maximum atomic E-state index is 11.3. The van der Waals surface area contributed by atoms with Gasteiger partial charge in [-0.25, -0.2) is 0 Å². The van der Waals surface area contributed by atoms with Crippen molar-refractivity contribution in [1.29, 1.82) is 0 Å². The van der Waals surface area contributed by atoms with Gasteiger partial charge in [0.15, 0.2) is 0 Å². The van der Waals surface area contributed by atoms with Crippen molar-refractivity contribution in [3.63, 3.8) is 0 Å². The fourth-order valence-corrected chi connectivity index (χ4v) is 3.96. The molecule has 4 rings (SSSR count). The smallest absolute Gasteiger partial charge is 0.248 e. The van der Waals surface area contributed by atoms with Crippen molar-refractivity contribution in [2.24, 2.45) is 5.73 Å². The summed E-state index contributed by atoms with van der Waals surface area (Å²) in [6, 6.07) is 13.9. The van der Waals surface area contributed by atoms with Gasteiger partial charge in [0.2, 0.25) is 5.91 Å². The second kappa shape index (κ2) is 5.64. The molecule has 2 aromatic carbocycles. The van der Waals surface area contributed by atoms with Crippen LogP contribution in [0.4, 0.5) is 0 Å². The van der Waals surface area contributed by atoms with E-state index in [9.17, 15) is 4.79 Å². The van der Waals surface area contributed by atoms with Gasteiger partial charge >= 0.3 is 0 Å². The third-order valence-electron chi connectivity index (χ3n) is 3.95. The van der Waals surface area contributed by atoms with E-state index in [4.69, 9.17) is 21.9 Å². The summed E-state index contributed by atoms with van der Waals surface area (Å²) in [4.78, 5) is 11.3. The first-order chi connectivity index (χ1) is 11.1. The van der Waals surface area contributed by atoms with Crippen LogP contribution in [0.25, 0.3) is 10.9 Å². The zero-order chi connectivity index (χ0) is 16.0. The number of nitrogens with two attached hydrogens (primary N) is 1. The highest BCUT2D eigenvalue weighted by Crippen LogP contribution is 2.51. The molecular weight excluding hydrogens is 331 g/mol. The van der Waals surface area contributed by atoms with Gasteiger partial charge < -0.3 is 14.8 Å². The number of nitrogens with zero attached hydrogens (tertiary/aromatic N) is 1. The topological polar surface area (TPSA) is 60.6 Å². The van der Waals surface area contributed by atoms with Crippen molar-refractivity contribution in [2.45, 2.75) is 6.54 Å². The van der Waals surface area contributed by atoms with Crippen LogP contribution in [0.1, 0.15) is 15.9 Å². The molecule has 1 atom stereocenters. The lowest BCUT2D eigenvalue weighted by Crippen LogP contribution is -2.10. The summed E-state index contributed by atoms with van der Waals surface area (Å²) in [5.74, 6) is -0.449. The van der Waals surface area contributed by atoms with E-state index in [2.05, 4.69) is 28.8 Å². The predicted octanol–water partition coefficient (Wildman–Crippen LogP) is 3.45. The van der Waals surface area contributed by atoms with E-state index in [1.165, 1.54) is 10.9 Å². The first-order valence-corrected chi connectivity index (χ1v) is 9.02. The molecule has 0 spiro atoms. The minimum Gasteiger partial charge on any atom is -0.366 e. The van der Waals surface area contributed by atoms with Crippen LogP contribution < -0.4 is 11.0 Å². The molecule has 1 aliphatic rings. The van der Waals surface area contributed by atoms with Gasteiger partial charge in [0.25, 0.3) is 0 Å². The van der Waals surface area contributed by atoms with Crippen LogP contribution in [0.3, 0.4) is 0 Å². The third-order valence-corrected chi connectivity index (χ3v) is 5.64. The number of fused-ring (bicyclic) bond motifs is 1. The zero-order valence-electron chi connectivity index (χ0n) is 12.2. The Bertz CT molecular complexity index is 901. The molecule has 0 aliphatic carbocycles. The summed E-state index contributed by atoms with van der Waals surface area (Å²) in [6.07, 6.45) is 2.77. The molecule has 0 bridgehead atoms. The number of halogens is 1. The quantitative estimate of drug-likeness (QED) is 0.582. The summed E-state index contributed by atoms with van der Waals surface area (Å²) in [7, 11) is -0.323. The number of hydrogen-bond acceptors (Lipinski definition) is 2. The van der Waals surface area contributed by atoms with E-state index in [-0.39, 0.29) is 8.15 Å². The Morgan fingerprint density at radius 3 is 2.65 bits per heavy atom. The standard InChI is InChI=1S/C17H14ClN2O2P/c18-15-9-20(16-6-3-12(17(19)21)7-14(15)16)8-11-1-4-13(5-2-11)23-10-22-23/h1-7,9H,8,10H2,(H2,19,21). The fourth-order valence-electron chi connectivity index (χ4n) is 2.68. The Kier molecular flexibility index (Phi) is 3.61. The number of carbonyl (C=O) groups is 1. The Labute approximate surface area is 139 Å². The van der Waals surface area contributed by atoms with E-state index >= 15 is 0 Å². The Hall–Kier alpha value is -1.87. The van der Waals surface area contributed by atoms with Gasteiger partial charge in [-0.2, -0.15) is 0 Å². The molecule has 23 heavy (non-hydrogen) atoms. The van der Waals surface area contributed by atoms with Gasteiger partial charge in [0.05, 0.1) is 19.5 Å².